The molecular formula is C16H14N8OS. The lowest BCUT2D eigenvalue weighted by molar-refractivity contribution is 0.620. The number of nitrogens with one attached hydrogen (secondary N) is 1. The molecule has 1 aliphatic rings. The van der Waals surface area contributed by atoms with Crippen LogP contribution in [0.1, 0.15) is 10.8 Å². The van der Waals surface area contributed by atoms with E-state index >= 15 is 0 Å². The largest absolute Gasteiger partial charge is 0.323 e. The molecule has 5 rings (SSSR count). The minimum atomic E-state index is -0.170. The molecule has 0 unspecified atom stereocenters. The summed E-state index contributed by atoms with van der Waals surface area (Å²) < 4.78 is 4.21. The van der Waals surface area contributed by atoms with E-state index in [1.165, 1.54) is 11.0 Å². The number of fused-ring (bicyclic) bond motifs is 3. The summed E-state index contributed by atoms with van der Waals surface area (Å²) in [5.74, 6) is 0.584. The third-order valence-electron chi connectivity index (χ3n) is 4.38. The fraction of sp³-hybridized carbons (Fsp3) is 0.250. The highest BCUT2D eigenvalue weighted by atomic mass is 32.1. The topological polar surface area (TPSA) is 107 Å². The van der Waals surface area contributed by atoms with Crippen molar-refractivity contribution in [3.8, 4) is 0 Å². The Morgan fingerprint density at radius 1 is 1.38 bits per heavy atom. The highest BCUT2D eigenvalue weighted by Crippen LogP contribution is 2.31. The maximum absolute atomic E-state index is 12.9. The van der Waals surface area contributed by atoms with Crippen molar-refractivity contribution in [1.82, 2.24) is 34.5 Å². The van der Waals surface area contributed by atoms with Crippen molar-refractivity contribution in [2.24, 2.45) is 12.0 Å². The first-order valence-electron chi connectivity index (χ1n) is 8.09. The second-order valence-corrected chi connectivity index (χ2v) is 7.12. The average Bonchev–Trinajstić information content (AvgIpc) is 3.39. The van der Waals surface area contributed by atoms with Gasteiger partial charge in [0.15, 0.2) is 5.65 Å². The van der Waals surface area contributed by atoms with Gasteiger partial charge >= 0.3 is 0 Å². The summed E-state index contributed by atoms with van der Waals surface area (Å²) in [6.07, 6.45) is 7.93. The molecule has 4 aromatic rings. The van der Waals surface area contributed by atoms with E-state index in [9.17, 15) is 4.79 Å². The predicted molar refractivity (Wildman–Crippen MR) is 98.8 cm³/mol. The Morgan fingerprint density at radius 2 is 2.31 bits per heavy atom. The monoisotopic (exact) mass is 366 g/mol. The normalized spacial score (nSPS) is 14.0. The molecule has 1 N–H and O–H groups in total. The van der Waals surface area contributed by atoms with Crippen molar-refractivity contribution >= 4 is 38.3 Å². The molecule has 0 atom stereocenters. The van der Waals surface area contributed by atoms with E-state index in [4.69, 9.17) is 4.98 Å². The van der Waals surface area contributed by atoms with Crippen LogP contribution < -0.4 is 5.56 Å². The molecule has 0 aliphatic carbocycles. The Bertz CT molecular complexity index is 1240. The third kappa shape index (κ3) is 2.30. The van der Waals surface area contributed by atoms with Crippen molar-refractivity contribution in [1.29, 1.82) is 0 Å². The van der Waals surface area contributed by atoms with Crippen LogP contribution in [-0.4, -0.2) is 46.8 Å². The van der Waals surface area contributed by atoms with E-state index in [0.29, 0.717) is 17.8 Å². The minimum absolute atomic E-state index is 0.170. The smallest absolute Gasteiger partial charge is 0.291 e. The van der Waals surface area contributed by atoms with Crippen LogP contribution in [-0.2, 0) is 20.0 Å². The Kier molecular flexibility index (Phi) is 3.32. The lowest BCUT2D eigenvalue weighted by Crippen LogP contribution is -2.25. The number of allylic oxidation sites excluding steroid dienone is 1. The molecule has 0 aromatic carbocycles. The van der Waals surface area contributed by atoms with Crippen LogP contribution in [0.15, 0.2) is 34.5 Å². The van der Waals surface area contributed by atoms with Gasteiger partial charge in [-0.05, 0) is 6.08 Å². The van der Waals surface area contributed by atoms with Crippen molar-refractivity contribution in [3.63, 3.8) is 0 Å². The summed E-state index contributed by atoms with van der Waals surface area (Å²) in [7, 11) is 1.86. The summed E-state index contributed by atoms with van der Waals surface area (Å²) >= 11 is 1.59. The van der Waals surface area contributed by atoms with Crippen LogP contribution >= 0.6 is 11.3 Å². The molecule has 0 fully saturated rings. The summed E-state index contributed by atoms with van der Waals surface area (Å²) in [4.78, 5) is 26.1. The first-order valence-corrected chi connectivity index (χ1v) is 8.90. The minimum Gasteiger partial charge on any atom is -0.323 e. The van der Waals surface area contributed by atoms with Gasteiger partial charge in [-0.15, -0.1) is 11.3 Å². The molecule has 0 spiro atoms. The van der Waals surface area contributed by atoms with Crippen molar-refractivity contribution in [2.45, 2.75) is 13.0 Å². The van der Waals surface area contributed by atoms with E-state index in [1.807, 2.05) is 23.8 Å². The van der Waals surface area contributed by atoms with Gasteiger partial charge in [0, 0.05) is 24.6 Å². The number of aromatic nitrogens is 7. The number of aryl methyl sites for hydroxylation is 1. The first kappa shape index (κ1) is 15.1. The maximum atomic E-state index is 12.9. The lowest BCUT2D eigenvalue weighted by Gasteiger charge is -2.03. The van der Waals surface area contributed by atoms with E-state index in [1.54, 1.807) is 17.5 Å². The zero-order chi connectivity index (χ0) is 17.7. The van der Waals surface area contributed by atoms with Gasteiger partial charge in [0.2, 0.25) is 0 Å². The van der Waals surface area contributed by atoms with Gasteiger partial charge in [-0.2, -0.15) is 10.2 Å². The van der Waals surface area contributed by atoms with Crippen molar-refractivity contribution in [2.75, 3.05) is 6.54 Å². The SMILES string of the molecule is Cn1c2nc(CC3=NCC=C3)sc2c2cnn(Cc3ncn[nH]3)c(=O)c21. The number of hydrogen-bond donors (Lipinski definition) is 1. The molecule has 0 saturated carbocycles. The molecule has 10 heteroatoms. The highest BCUT2D eigenvalue weighted by molar-refractivity contribution is 7.19. The molecule has 1 aliphatic heterocycles. The van der Waals surface area contributed by atoms with Gasteiger partial charge in [0.1, 0.15) is 29.2 Å². The van der Waals surface area contributed by atoms with E-state index < -0.39 is 0 Å². The molecule has 0 radical (unpaired) electrons. The van der Waals surface area contributed by atoms with Crippen LogP contribution in [0.3, 0.4) is 0 Å². The molecule has 0 saturated heterocycles. The fourth-order valence-electron chi connectivity index (χ4n) is 3.15. The van der Waals surface area contributed by atoms with Crippen LogP contribution in [0.2, 0.25) is 0 Å². The Morgan fingerprint density at radius 3 is 3.08 bits per heavy atom. The van der Waals surface area contributed by atoms with Crippen LogP contribution in [0.4, 0.5) is 0 Å². The molecule has 0 bridgehead atoms. The number of H-pyrrole nitrogens is 1. The maximum Gasteiger partial charge on any atom is 0.291 e. The Labute approximate surface area is 150 Å². The van der Waals surface area contributed by atoms with E-state index in [-0.39, 0.29) is 12.1 Å². The number of thiazole rings is 1. The van der Waals surface area contributed by atoms with Crippen LogP contribution in [0, 0.1) is 0 Å². The van der Waals surface area contributed by atoms with Crippen LogP contribution in [0.5, 0.6) is 0 Å². The molecule has 130 valence electrons. The third-order valence-corrected chi connectivity index (χ3v) is 5.45. The number of hydrogen-bond acceptors (Lipinski definition) is 7. The number of nitrogens with zero attached hydrogens (tertiary/aromatic N) is 7. The Balaban J connectivity index is 1.61. The number of rotatable bonds is 4. The van der Waals surface area contributed by atoms with E-state index in [0.717, 1.165) is 33.0 Å². The molecule has 5 heterocycles. The molecule has 4 aromatic heterocycles. The van der Waals surface area contributed by atoms with Crippen LogP contribution in [0.25, 0.3) is 21.3 Å². The molecule has 0 amide bonds. The Hall–Kier alpha value is -3.14. The molecular weight excluding hydrogens is 352 g/mol. The van der Waals surface area contributed by atoms with Crippen molar-refractivity contribution in [3.05, 3.63) is 45.9 Å². The summed E-state index contributed by atoms with van der Waals surface area (Å²) in [6.45, 7) is 0.996. The zero-order valence-electron chi connectivity index (χ0n) is 13.9. The number of aliphatic imine (C=N–C) groups is 1. The summed E-state index contributed by atoms with van der Waals surface area (Å²) in [5, 5.41) is 12.7. The average molecular weight is 366 g/mol. The van der Waals surface area contributed by atoms with Crippen molar-refractivity contribution < 1.29 is 0 Å². The van der Waals surface area contributed by atoms with Gasteiger partial charge in [-0.3, -0.25) is 14.9 Å². The molecule has 26 heavy (non-hydrogen) atoms. The first-order chi connectivity index (χ1) is 12.7. The quantitative estimate of drug-likeness (QED) is 0.581. The number of aromatic amines is 1. The van der Waals surface area contributed by atoms with Gasteiger partial charge < -0.3 is 4.57 Å². The highest BCUT2D eigenvalue weighted by Gasteiger charge is 2.19. The van der Waals surface area contributed by atoms with Gasteiger partial charge in [0.05, 0.1) is 17.4 Å². The van der Waals surface area contributed by atoms with Gasteiger partial charge in [-0.25, -0.2) is 14.6 Å². The standard InChI is InChI=1S/C16H14N8OS/c1-23-13-10(6-20-24(16(13)25)7-11-18-8-19-22-11)14-15(23)21-12(26-14)5-9-3-2-4-17-9/h2-3,6,8H,4-5,7H2,1H3,(H,18,19,22). The summed E-state index contributed by atoms with van der Waals surface area (Å²) in [6, 6.07) is 0. The second kappa shape index (κ2) is 5.70. The summed E-state index contributed by atoms with van der Waals surface area (Å²) in [5.41, 5.74) is 2.27. The second-order valence-electron chi connectivity index (χ2n) is 6.03. The van der Waals surface area contributed by atoms with E-state index in [2.05, 4.69) is 25.3 Å². The zero-order valence-corrected chi connectivity index (χ0v) is 14.7. The van der Waals surface area contributed by atoms with Gasteiger partial charge in [-0.1, -0.05) is 6.08 Å². The fourth-order valence-corrected chi connectivity index (χ4v) is 4.27. The molecule has 9 nitrogen and oxygen atoms in total. The van der Waals surface area contributed by atoms with Gasteiger partial charge in [0.25, 0.3) is 5.56 Å². The predicted octanol–water partition coefficient (Wildman–Crippen LogP) is 1.06. The lowest BCUT2D eigenvalue weighted by atomic mass is 10.3.